The van der Waals surface area contributed by atoms with Gasteiger partial charge in [-0.15, -0.1) is 0 Å². The van der Waals surface area contributed by atoms with Gasteiger partial charge in [-0.1, -0.05) is 55.8 Å². The average molecular weight is 375 g/mol. The van der Waals surface area contributed by atoms with Crippen LogP contribution in [0.3, 0.4) is 0 Å². The van der Waals surface area contributed by atoms with Gasteiger partial charge in [-0.3, -0.25) is 14.5 Å². The monoisotopic (exact) mass is 375 g/mol. The quantitative estimate of drug-likeness (QED) is 0.722. The standard InChI is InChI=1S/C22H21N3O3/c1-12(2)19(26)17-18(14-8-6-7-13(3)11-14)25(21(28)20(17)27)22-23-15-9-4-5-10-16(15)24-22/h4-12,18,27H,1-3H3,(H,23,24). The Kier molecular flexibility index (Phi) is 4.26. The lowest BCUT2D eigenvalue weighted by molar-refractivity contribution is -0.119. The van der Waals surface area contributed by atoms with Crippen molar-refractivity contribution in [1.82, 2.24) is 9.97 Å². The fraction of sp³-hybridized carbons (Fsp3) is 0.227. The summed E-state index contributed by atoms with van der Waals surface area (Å²) in [4.78, 5) is 34.9. The van der Waals surface area contributed by atoms with Gasteiger partial charge < -0.3 is 10.1 Å². The zero-order chi connectivity index (χ0) is 20.0. The number of aromatic nitrogens is 2. The molecule has 0 fully saturated rings. The number of imidazole rings is 1. The second-order valence-corrected chi connectivity index (χ2v) is 7.35. The highest BCUT2D eigenvalue weighted by Gasteiger charge is 2.46. The van der Waals surface area contributed by atoms with Crippen molar-refractivity contribution in [2.45, 2.75) is 26.8 Å². The molecule has 1 amide bonds. The predicted octanol–water partition coefficient (Wildman–Crippen LogP) is 4.00. The Balaban J connectivity index is 1.91. The normalized spacial score (nSPS) is 17.2. The summed E-state index contributed by atoms with van der Waals surface area (Å²) in [6.07, 6.45) is 0. The number of hydrogen-bond donors (Lipinski definition) is 2. The van der Waals surface area contributed by atoms with Gasteiger partial charge in [0.05, 0.1) is 22.6 Å². The topological polar surface area (TPSA) is 86.3 Å². The zero-order valence-electron chi connectivity index (χ0n) is 15.9. The lowest BCUT2D eigenvalue weighted by Gasteiger charge is -2.25. The number of aromatic amines is 1. The molecule has 1 unspecified atom stereocenters. The Labute approximate surface area is 162 Å². The Morgan fingerprint density at radius 2 is 1.93 bits per heavy atom. The first-order chi connectivity index (χ1) is 13.4. The van der Waals surface area contributed by atoms with Crippen molar-refractivity contribution >= 4 is 28.7 Å². The molecule has 1 aromatic heterocycles. The van der Waals surface area contributed by atoms with E-state index in [1.54, 1.807) is 13.8 Å². The number of aryl methyl sites for hydroxylation is 1. The second kappa shape index (κ2) is 6.64. The summed E-state index contributed by atoms with van der Waals surface area (Å²) in [5.41, 5.74) is 3.35. The van der Waals surface area contributed by atoms with Crippen molar-refractivity contribution < 1.29 is 14.7 Å². The Hall–Kier alpha value is -3.41. The molecular weight excluding hydrogens is 354 g/mol. The number of benzene rings is 2. The first-order valence-electron chi connectivity index (χ1n) is 9.20. The van der Waals surface area contributed by atoms with Crippen LogP contribution < -0.4 is 4.90 Å². The van der Waals surface area contributed by atoms with Crippen molar-refractivity contribution in [3.05, 3.63) is 71.0 Å². The van der Waals surface area contributed by atoms with Gasteiger partial charge >= 0.3 is 0 Å². The summed E-state index contributed by atoms with van der Waals surface area (Å²) in [6.45, 7) is 5.45. The molecule has 28 heavy (non-hydrogen) atoms. The molecule has 3 aromatic rings. The maximum atomic E-state index is 13.0. The molecule has 0 bridgehead atoms. The highest BCUT2D eigenvalue weighted by molar-refractivity contribution is 6.16. The first kappa shape index (κ1) is 18.0. The van der Waals surface area contributed by atoms with Crippen molar-refractivity contribution in [2.24, 2.45) is 5.92 Å². The number of aliphatic hydroxyl groups is 1. The summed E-state index contributed by atoms with van der Waals surface area (Å²) >= 11 is 0. The van der Waals surface area contributed by atoms with Crippen LogP contribution >= 0.6 is 0 Å². The number of carbonyl (C=O) groups is 2. The molecule has 0 aliphatic carbocycles. The molecule has 6 heteroatoms. The van der Waals surface area contributed by atoms with E-state index in [1.165, 1.54) is 4.90 Å². The SMILES string of the molecule is Cc1cccc(C2C(C(=O)C(C)C)=C(O)C(=O)N2c2nc3ccccc3[nH]2)c1. The lowest BCUT2D eigenvalue weighted by Crippen LogP contribution is -2.32. The smallest absolute Gasteiger partial charge is 0.296 e. The number of para-hydroxylation sites is 2. The van der Waals surface area contributed by atoms with Crippen LogP contribution in [0.5, 0.6) is 0 Å². The van der Waals surface area contributed by atoms with E-state index in [9.17, 15) is 14.7 Å². The Morgan fingerprint density at radius 3 is 2.61 bits per heavy atom. The van der Waals surface area contributed by atoms with Crippen LogP contribution in [-0.2, 0) is 9.59 Å². The molecule has 0 radical (unpaired) electrons. The van der Waals surface area contributed by atoms with Crippen LogP contribution in [0.1, 0.15) is 31.0 Å². The molecule has 1 atom stereocenters. The molecular formula is C22H21N3O3. The van der Waals surface area contributed by atoms with E-state index in [2.05, 4.69) is 9.97 Å². The number of fused-ring (bicyclic) bond motifs is 1. The van der Waals surface area contributed by atoms with Gasteiger partial charge in [0.2, 0.25) is 5.95 Å². The number of rotatable bonds is 4. The number of anilines is 1. The summed E-state index contributed by atoms with van der Waals surface area (Å²) < 4.78 is 0. The molecule has 2 N–H and O–H groups in total. The molecule has 1 aliphatic rings. The van der Waals surface area contributed by atoms with Crippen LogP contribution in [0.25, 0.3) is 11.0 Å². The number of nitrogens with one attached hydrogen (secondary N) is 1. The fourth-order valence-electron chi connectivity index (χ4n) is 3.60. The van der Waals surface area contributed by atoms with Gasteiger partial charge in [0.15, 0.2) is 11.5 Å². The Morgan fingerprint density at radius 1 is 1.18 bits per heavy atom. The highest BCUT2D eigenvalue weighted by atomic mass is 16.3. The van der Waals surface area contributed by atoms with E-state index < -0.39 is 17.7 Å². The molecule has 2 heterocycles. The largest absolute Gasteiger partial charge is 0.503 e. The Bertz CT molecular complexity index is 1090. The molecule has 2 aromatic carbocycles. The highest BCUT2D eigenvalue weighted by Crippen LogP contribution is 2.41. The number of aliphatic hydroxyl groups excluding tert-OH is 1. The number of nitrogens with zero attached hydrogens (tertiary/aromatic N) is 2. The van der Waals surface area contributed by atoms with Crippen LogP contribution in [0.15, 0.2) is 59.9 Å². The number of H-pyrrole nitrogens is 1. The third-order valence-corrected chi connectivity index (χ3v) is 4.96. The average Bonchev–Trinajstić information content (AvgIpc) is 3.20. The van der Waals surface area contributed by atoms with E-state index in [0.29, 0.717) is 11.5 Å². The van der Waals surface area contributed by atoms with E-state index in [4.69, 9.17) is 0 Å². The van der Waals surface area contributed by atoms with Gasteiger partial charge in [0.1, 0.15) is 0 Å². The third kappa shape index (κ3) is 2.78. The second-order valence-electron chi connectivity index (χ2n) is 7.35. The molecule has 0 saturated heterocycles. The predicted molar refractivity (Wildman–Crippen MR) is 107 cm³/mol. The maximum absolute atomic E-state index is 13.0. The summed E-state index contributed by atoms with van der Waals surface area (Å²) in [7, 11) is 0. The molecule has 0 saturated carbocycles. The van der Waals surface area contributed by atoms with Gasteiger partial charge in [0, 0.05) is 5.92 Å². The fourth-order valence-corrected chi connectivity index (χ4v) is 3.60. The van der Waals surface area contributed by atoms with E-state index in [1.807, 2.05) is 55.5 Å². The summed E-state index contributed by atoms with van der Waals surface area (Å²) in [5, 5.41) is 10.6. The number of amides is 1. The minimum atomic E-state index is -0.733. The van der Waals surface area contributed by atoms with Crippen LogP contribution in [0.2, 0.25) is 0 Å². The van der Waals surface area contributed by atoms with Crippen molar-refractivity contribution in [3.63, 3.8) is 0 Å². The number of hydrogen-bond acceptors (Lipinski definition) is 4. The number of ketones is 1. The minimum absolute atomic E-state index is 0.117. The van der Waals surface area contributed by atoms with E-state index in [0.717, 1.165) is 16.6 Å². The molecule has 6 nitrogen and oxygen atoms in total. The number of carbonyl (C=O) groups excluding carboxylic acids is 2. The van der Waals surface area contributed by atoms with Crippen LogP contribution in [0, 0.1) is 12.8 Å². The van der Waals surface area contributed by atoms with Gasteiger partial charge in [-0.05, 0) is 24.6 Å². The molecule has 0 spiro atoms. The van der Waals surface area contributed by atoms with E-state index in [-0.39, 0.29) is 17.3 Å². The lowest BCUT2D eigenvalue weighted by atomic mass is 9.91. The number of Topliss-reactive ketones (excluding diaryl/α,β-unsaturated/α-hetero) is 1. The van der Waals surface area contributed by atoms with Crippen molar-refractivity contribution in [2.75, 3.05) is 4.90 Å². The van der Waals surface area contributed by atoms with E-state index >= 15 is 0 Å². The van der Waals surface area contributed by atoms with Gasteiger partial charge in [0.25, 0.3) is 5.91 Å². The van der Waals surface area contributed by atoms with Crippen LogP contribution in [0.4, 0.5) is 5.95 Å². The minimum Gasteiger partial charge on any atom is -0.503 e. The molecule has 4 rings (SSSR count). The molecule has 142 valence electrons. The third-order valence-electron chi connectivity index (χ3n) is 4.96. The zero-order valence-corrected chi connectivity index (χ0v) is 15.9. The summed E-state index contributed by atoms with van der Waals surface area (Å²) in [6, 6.07) is 14.3. The van der Waals surface area contributed by atoms with Crippen molar-refractivity contribution in [3.8, 4) is 0 Å². The van der Waals surface area contributed by atoms with Crippen LogP contribution in [-0.4, -0.2) is 26.8 Å². The van der Waals surface area contributed by atoms with Gasteiger partial charge in [-0.25, -0.2) is 4.98 Å². The summed E-state index contributed by atoms with van der Waals surface area (Å²) in [5.74, 6) is -1.44. The van der Waals surface area contributed by atoms with Gasteiger partial charge in [-0.2, -0.15) is 0 Å². The van der Waals surface area contributed by atoms with Crippen molar-refractivity contribution in [1.29, 1.82) is 0 Å². The molecule has 1 aliphatic heterocycles. The maximum Gasteiger partial charge on any atom is 0.296 e. The first-order valence-corrected chi connectivity index (χ1v) is 9.20.